The summed E-state index contributed by atoms with van der Waals surface area (Å²) in [4.78, 5) is 38.3. The van der Waals surface area contributed by atoms with Crippen LogP contribution >= 0.6 is 0 Å². The molecule has 2 N–H and O–H groups in total. The normalized spacial score (nSPS) is 20.1. The Balaban J connectivity index is 1.53. The molecule has 2 amide bonds. The molecule has 4 rings (SSSR count). The molecule has 1 aromatic heterocycles. The van der Waals surface area contributed by atoms with E-state index >= 15 is 0 Å². The summed E-state index contributed by atoms with van der Waals surface area (Å²) < 4.78 is 48.1. The van der Waals surface area contributed by atoms with Gasteiger partial charge in [0.05, 0.1) is 6.10 Å². The van der Waals surface area contributed by atoms with Gasteiger partial charge in [-0.25, -0.2) is 9.78 Å². The highest BCUT2D eigenvalue weighted by atomic mass is 19.4. The number of nitrogens with one attached hydrogen (secondary N) is 1. The summed E-state index contributed by atoms with van der Waals surface area (Å²) >= 11 is 0. The summed E-state index contributed by atoms with van der Waals surface area (Å²) in [7, 11) is 0. The van der Waals surface area contributed by atoms with Crippen molar-refractivity contribution in [3.8, 4) is 5.75 Å². The van der Waals surface area contributed by atoms with Gasteiger partial charge in [-0.2, -0.15) is 4.98 Å². The number of aliphatic hydroxyl groups excluding tert-OH is 1. The van der Waals surface area contributed by atoms with Crippen molar-refractivity contribution >= 4 is 23.8 Å². The molecule has 2 fully saturated rings. The van der Waals surface area contributed by atoms with Gasteiger partial charge < -0.3 is 24.8 Å². The van der Waals surface area contributed by atoms with Gasteiger partial charge in [-0.15, -0.1) is 13.2 Å². The molecular formula is C29H38F3N5O5. The summed E-state index contributed by atoms with van der Waals surface area (Å²) in [5, 5.41) is 13.1. The predicted octanol–water partition coefficient (Wildman–Crippen LogP) is 5.38. The van der Waals surface area contributed by atoms with Gasteiger partial charge in [-0.1, -0.05) is 6.07 Å². The number of benzene rings is 1. The summed E-state index contributed by atoms with van der Waals surface area (Å²) in [6.07, 6.45) is -0.0519. The van der Waals surface area contributed by atoms with Gasteiger partial charge in [0.1, 0.15) is 17.2 Å². The van der Waals surface area contributed by atoms with Crippen LogP contribution < -0.4 is 15.0 Å². The maximum Gasteiger partial charge on any atom is 0.573 e. The first kappa shape index (κ1) is 31.3. The van der Waals surface area contributed by atoms with Crippen molar-refractivity contribution in [2.45, 2.75) is 83.4 Å². The molecule has 0 radical (unpaired) electrons. The molecule has 0 bridgehead atoms. The molecule has 2 aromatic rings. The van der Waals surface area contributed by atoms with Crippen LogP contribution in [0.15, 0.2) is 36.5 Å². The molecule has 10 nitrogen and oxygen atoms in total. The van der Waals surface area contributed by atoms with Crippen LogP contribution in [-0.2, 0) is 4.74 Å². The number of aliphatic hydroxyl groups is 1. The summed E-state index contributed by atoms with van der Waals surface area (Å²) in [6.45, 7) is 6.54. The number of likely N-dealkylation sites (tertiary alicyclic amines) is 1. The maximum atomic E-state index is 13.8. The molecule has 1 aliphatic heterocycles. The molecule has 0 atom stereocenters. The lowest BCUT2D eigenvalue weighted by molar-refractivity contribution is -0.274. The van der Waals surface area contributed by atoms with E-state index in [0.29, 0.717) is 50.5 Å². The highest BCUT2D eigenvalue weighted by molar-refractivity contribution is 6.05. The van der Waals surface area contributed by atoms with Gasteiger partial charge in [0.15, 0.2) is 0 Å². The molecule has 0 unspecified atom stereocenters. The quantitative estimate of drug-likeness (QED) is 0.439. The third-order valence-corrected chi connectivity index (χ3v) is 7.21. The third-order valence-electron chi connectivity index (χ3n) is 7.21. The van der Waals surface area contributed by atoms with Gasteiger partial charge in [-0.3, -0.25) is 9.69 Å². The number of ether oxygens (including phenoxy) is 2. The Kier molecular flexibility index (Phi) is 9.80. The van der Waals surface area contributed by atoms with Crippen molar-refractivity contribution in [1.82, 2.24) is 14.9 Å². The van der Waals surface area contributed by atoms with E-state index in [9.17, 15) is 27.9 Å². The van der Waals surface area contributed by atoms with Crippen LogP contribution in [0.3, 0.4) is 0 Å². The number of carbonyl (C=O) groups excluding carboxylic acids is 2. The molecular weight excluding hydrogens is 555 g/mol. The van der Waals surface area contributed by atoms with Gasteiger partial charge in [0, 0.05) is 37.4 Å². The SMILES string of the molecule is CC(C)(C)OC(=O)N1CCC(CN(C(=O)c2cccc(OC(F)(F)F)c2)c2ccnc(NC3CCC(O)CC3)n2)CC1. The van der Waals surface area contributed by atoms with E-state index in [-0.39, 0.29) is 30.2 Å². The van der Waals surface area contributed by atoms with E-state index in [0.717, 1.165) is 25.0 Å². The standard InChI is InChI=1S/C29H38F3N5O5/c1-28(2,3)42-27(40)36-15-12-19(13-16-36)18-37(25(39)20-5-4-6-23(17-20)41-29(30,31)32)24-11-14-33-26(35-24)34-21-7-9-22(38)10-8-21/h4-6,11,14,17,19,21-22,38H,7-10,12-13,15-16,18H2,1-3H3,(H,33,34,35). The predicted molar refractivity (Wildman–Crippen MR) is 149 cm³/mol. The highest BCUT2D eigenvalue weighted by Gasteiger charge is 2.33. The zero-order valence-electron chi connectivity index (χ0n) is 24.1. The Hall–Kier alpha value is -3.61. The molecule has 230 valence electrons. The van der Waals surface area contributed by atoms with Crippen LogP contribution in [0.25, 0.3) is 0 Å². The smallest absolute Gasteiger partial charge is 0.444 e. The number of carbonyl (C=O) groups is 2. The lowest BCUT2D eigenvalue weighted by atomic mass is 9.93. The van der Waals surface area contributed by atoms with Crippen LogP contribution in [-0.4, -0.2) is 75.7 Å². The number of nitrogens with zero attached hydrogens (tertiary/aromatic N) is 4. The van der Waals surface area contributed by atoms with E-state index in [1.54, 1.807) is 31.7 Å². The molecule has 2 aliphatic rings. The van der Waals surface area contributed by atoms with Crippen molar-refractivity contribution in [1.29, 1.82) is 0 Å². The van der Waals surface area contributed by atoms with Crippen LogP contribution in [0, 0.1) is 5.92 Å². The number of amides is 2. The Labute approximate surface area is 243 Å². The van der Waals surface area contributed by atoms with Crippen molar-refractivity contribution in [3.63, 3.8) is 0 Å². The summed E-state index contributed by atoms with van der Waals surface area (Å²) in [5.74, 6) is -0.426. The Morgan fingerprint density at radius 2 is 1.76 bits per heavy atom. The maximum absolute atomic E-state index is 13.8. The summed E-state index contributed by atoms with van der Waals surface area (Å²) in [6, 6.07) is 6.60. The van der Waals surface area contributed by atoms with Crippen molar-refractivity contribution in [3.05, 3.63) is 42.1 Å². The van der Waals surface area contributed by atoms with Crippen LogP contribution in [0.5, 0.6) is 5.75 Å². The van der Waals surface area contributed by atoms with Crippen LogP contribution in [0.2, 0.25) is 0 Å². The number of anilines is 2. The molecule has 1 saturated heterocycles. The monoisotopic (exact) mass is 593 g/mol. The van der Waals surface area contributed by atoms with Crippen molar-refractivity contribution in [2.75, 3.05) is 29.9 Å². The minimum Gasteiger partial charge on any atom is -0.444 e. The van der Waals surface area contributed by atoms with E-state index < -0.39 is 29.7 Å². The zero-order chi connectivity index (χ0) is 30.5. The fraction of sp³-hybridized carbons (Fsp3) is 0.586. The molecule has 1 aromatic carbocycles. The number of rotatable bonds is 7. The molecule has 2 heterocycles. The first-order valence-corrected chi connectivity index (χ1v) is 14.2. The molecule has 1 aliphatic carbocycles. The number of hydrogen-bond donors (Lipinski definition) is 2. The largest absolute Gasteiger partial charge is 0.573 e. The van der Waals surface area contributed by atoms with Crippen LogP contribution in [0.4, 0.5) is 29.7 Å². The van der Waals surface area contributed by atoms with Crippen LogP contribution in [0.1, 0.15) is 69.7 Å². The number of hydrogen-bond acceptors (Lipinski definition) is 8. The fourth-order valence-corrected chi connectivity index (χ4v) is 5.12. The third kappa shape index (κ3) is 9.20. The number of halogens is 3. The van der Waals surface area contributed by atoms with Crippen molar-refractivity contribution in [2.24, 2.45) is 5.92 Å². The number of alkyl halides is 3. The van der Waals surface area contributed by atoms with Gasteiger partial charge in [0.25, 0.3) is 5.91 Å². The van der Waals surface area contributed by atoms with E-state index in [4.69, 9.17) is 4.74 Å². The Morgan fingerprint density at radius 3 is 2.40 bits per heavy atom. The summed E-state index contributed by atoms with van der Waals surface area (Å²) in [5.41, 5.74) is -0.602. The number of aromatic nitrogens is 2. The van der Waals surface area contributed by atoms with Crippen molar-refractivity contribution < 1.29 is 37.3 Å². The minimum atomic E-state index is -4.90. The van der Waals surface area contributed by atoms with Gasteiger partial charge in [-0.05, 0) is 89.5 Å². The topological polar surface area (TPSA) is 117 Å². The molecule has 0 spiro atoms. The van der Waals surface area contributed by atoms with E-state index in [1.165, 1.54) is 23.2 Å². The lowest BCUT2D eigenvalue weighted by Gasteiger charge is -2.35. The molecule has 42 heavy (non-hydrogen) atoms. The zero-order valence-corrected chi connectivity index (χ0v) is 24.1. The molecule has 13 heteroatoms. The second-order valence-corrected chi connectivity index (χ2v) is 11.8. The lowest BCUT2D eigenvalue weighted by Crippen LogP contribution is -2.45. The average molecular weight is 594 g/mol. The second kappa shape index (κ2) is 13.1. The highest BCUT2D eigenvalue weighted by Crippen LogP contribution is 2.28. The molecule has 1 saturated carbocycles. The Bertz CT molecular complexity index is 1220. The fourth-order valence-electron chi connectivity index (χ4n) is 5.12. The van der Waals surface area contributed by atoms with E-state index in [1.807, 2.05) is 0 Å². The average Bonchev–Trinajstić information content (AvgIpc) is 2.91. The minimum absolute atomic E-state index is 0.00606. The van der Waals surface area contributed by atoms with E-state index in [2.05, 4.69) is 20.0 Å². The first-order valence-electron chi connectivity index (χ1n) is 14.2. The van der Waals surface area contributed by atoms with Gasteiger partial charge in [0.2, 0.25) is 5.95 Å². The second-order valence-electron chi connectivity index (χ2n) is 11.8. The number of piperidine rings is 1. The Morgan fingerprint density at radius 1 is 1.07 bits per heavy atom. The first-order chi connectivity index (χ1) is 19.8. The van der Waals surface area contributed by atoms with Gasteiger partial charge >= 0.3 is 12.5 Å².